The lowest BCUT2D eigenvalue weighted by Gasteiger charge is -2.44. The van der Waals surface area contributed by atoms with Gasteiger partial charge in [-0.05, 0) is 218 Å². The number of rotatable bonds is 15. The monoisotopic (exact) mass is 1890 g/mol. The molecule has 27 heteroatoms. The first-order valence-electron chi connectivity index (χ1n) is 52.3. The van der Waals surface area contributed by atoms with Crippen molar-refractivity contribution in [1.82, 2.24) is 55.7 Å². The molecule has 0 radical (unpaired) electrons. The van der Waals surface area contributed by atoms with Crippen LogP contribution in [-0.2, 0) is 73.9 Å². The third-order valence-corrected chi connectivity index (χ3v) is 31.0. The van der Waals surface area contributed by atoms with Gasteiger partial charge in [0.25, 0.3) is 0 Å². The molecule has 0 aromatic carbocycles. The van der Waals surface area contributed by atoms with E-state index in [1.807, 2.05) is 49.9 Å². The highest BCUT2D eigenvalue weighted by Crippen LogP contribution is 2.37. The van der Waals surface area contributed by atoms with Gasteiger partial charge in [-0.2, -0.15) is 0 Å². The maximum Gasteiger partial charge on any atom is 0.306 e. The molecule has 1 aromatic heterocycles. The molecule has 27 nitrogen and oxygen atoms in total. The average molecular weight is 1900 g/mol. The molecule has 11 atom stereocenters. The zero-order chi connectivity index (χ0) is 101. The Bertz CT molecular complexity index is 3130. The van der Waals surface area contributed by atoms with Gasteiger partial charge >= 0.3 is 5.97 Å². The lowest BCUT2D eigenvalue weighted by Crippen LogP contribution is -2.54. The van der Waals surface area contributed by atoms with E-state index in [2.05, 4.69) is 267 Å². The number of aliphatic hydroxyl groups excluding tert-OH is 1. The highest BCUT2D eigenvalue weighted by molar-refractivity contribution is 5.77. The first-order chi connectivity index (χ1) is 61.8. The van der Waals surface area contributed by atoms with Gasteiger partial charge in [-0.15, -0.1) is 0 Å². The average Bonchev–Trinajstić information content (AvgIpc) is 1.67. The Balaban J connectivity index is 0.000000492. The maximum absolute atomic E-state index is 11.2. The number of esters is 1. The smallest absolute Gasteiger partial charge is 0.306 e. The molecule has 786 valence electrons. The van der Waals surface area contributed by atoms with Gasteiger partial charge in [-0.25, -0.2) is 4.98 Å². The molecule has 13 rings (SSSR count). The summed E-state index contributed by atoms with van der Waals surface area (Å²) in [4.78, 5) is 45.9. The Morgan fingerprint density at radius 3 is 1.25 bits per heavy atom. The number of piperidine rings is 2. The zero-order valence-electron chi connectivity index (χ0n) is 92.4. The number of nitrogens with zero attached hydrogens (tertiary/aromatic N) is 6. The number of ether oxygens (including phenoxy) is 10. The highest BCUT2D eigenvalue weighted by Gasteiger charge is 2.44. The van der Waals surface area contributed by atoms with Crippen molar-refractivity contribution in [1.29, 1.82) is 0 Å². The normalized spacial score (nSPS) is 30.5. The summed E-state index contributed by atoms with van der Waals surface area (Å²) in [6.45, 7) is 105. The van der Waals surface area contributed by atoms with Gasteiger partial charge in [0.1, 0.15) is 23.6 Å². The number of hydrogen-bond acceptors (Lipinski definition) is 24. The number of amides is 2. The molecule has 13 heterocycles. The van der Waals surface area contributed by atoms with Crippen LogP contribution in [0.1, 0.15) is 307 Å². The van der Waals surface area contributed by atoms with Crippen LogP contribution in [0, 0.1) is 82.9 Å². The number of morpholine rings is 6. The molecule has 0 saturated carbocycles. The number of fused-ring (bicyclic) bond motifs is 1. The van der Waals surface area contributed by atoms with Crippen molar-refractivity contribution in [3.05, 3.63) is 18.2 Å². The fourth-order valence-corrected chi connectivity index (χ4v) is 16.6. The minimum Gasteiger partial charge on any atom is -0.465 e. The quantitative estimate of drug-likeness (QED) is 0.0757. The number of imidazole rings is 1. The Kier molecular flexibility index (Phi) is 57.1. The van der Waals surface area contributed by atoms with Crippen molar-refractivity contribution in [2.24, 2.45) is 82.9 Å². The maximum atomic E-state index is 11.2. The highest BCUT2D eigenvalue weighted by atomic mass is 16.7. The van der Waals surface area contributed by atoms with E-state index < -0.39 is 17.0 Å². The Morgan fingerprint density at radius 2 is 0.902 bits per heavy atom. The molecule has 11 fully saturated rings. The minimum atomic E-state index is -0.810. The Labute approximate surface area is 813 Å². The number of cyclic esters (lactones) is 1. The van der Waals surface area contributed by atoms with Crippen LogP contribution in [0.5, 0.6) is 0 Å². The molecule has 2 amide bonds. The van der Waals surface area contributed by atoms with E-state index in [4.69, 9.17) is 52.5 Å². The fourth-order valence-electron chi connectivity index (χ4n) is 16.6. The molecule has 12 aliphatic rings. The summed E-state index contributed by atoms with van der Waals surface area (Å²) in [6.07, 6.45) is 11.5. The van der Waals surface area contributed by atoms with Crippen molar-refractivity contribution in [2.75, 3.05) is 190 Å². The van der Waals surface area contributed by atoms with E-state index in [9.17, 15) is 24.6 Å². The van der Waals surface area contributed by atoms with E-state index in [0.717, 1.165) is 194 Å². The van der Waals surface area contributed by atoms with Crippen molar-refractivity contribution in [3.63, 3.8) is 0 Å². The SMILES string of the molecule is CC(=O)N1CCO[C@](C)(C(C)C)C1.CC(C)C1(C)CNCCO1.CC(C)C1(C)CNCCO1.CC(C)C1(C)OCCn2ccnc21.CC(C)C1(O)CCCNC1.CC(C)C1(O)COC(C)(C)OC1.CC(C)C1CCCN1C(=O)CO.CC(C)C1CCCNC1.CC(C)N1CCO[C@](C)(C(C)C)C1.CC(C)[C@@H]1COC(=O)C1.CC(C)[C@]1(C)CNCCO1.CCN1CCO[C@](C)(C(C)C)C1. The van der Waals surface area contributed by atoms with E-state index in [-0.39, 0.29) is 69.5 Å². The second kappa shape index (κ2) is 60.3. The summed E-state index contributed by atoms with van der Waals surface area (Å²) in [5.74, 6) is 8.30. The topological polar surface area (TPSA) is 295 Å². The molecule has 12 aliphatic heterocycles. The molecule has 6 unspecified atom stereocenters. The van der Waals surface area contributed by atoms with Crippen LogP contribution in [0.25, 0.3) is 0 Å². The predicted molar refractivity (Wildman–Crippen MR) is 544 cm³/mol. The van der Waals surface area contributed by atoms with Crippen molar-refractivity contribution in [2.45, 2.75) is 376 Å². The summed E-state index contributed by atoms with van der Waals surface area (Å²) in [5.41, 5.74) is -1.27. The Morgan fingerprint density at radius 1 is 0.459 bits per heavy atom. The summed E-state index contributed by atoms with van der Waals surface area (Å²) in [7, 11) is 0. The fraction of sp³-hybridized carbons (Fsp3) is 0.943. The number of hydrogen-bond donors (Lipinski definition) is 8. The number of likely N-dealkylation sites (N-methyl/N-ethyl adjacent to an activating group) is 1. The van der Waals surface area contributed by atoms with E-state index >= 15 is 0 Å². The van der Waals surface area contributed by atoms with Crippen molar-refractivity contribution in [3.8, 4) is 0 Å². The second-order valence-corrected chi connectivity index (χ2v) is 45.6. The summed E-state index contributed by atoms with van der Waals surface area (Å²) in [5, 5.41) is 45.1. The minimum absolute atomic E-state index is 0.0336. The number of aromatic nitrogens is 2. The number of carbonyl (C=O) groups excluding carboxylic acids is 3. The molecule has 0 aliphatic carbocycles. The molecule has 11 saturated heterocycles. The van der Waals surface area contributed by atoms with Crippen LogP contribution in [-0.4, -0.2) is 315 Å². The van der Waals surface area contributed by atoms with Crippen LogP contribution < -0.4 is 26.6 Å². The van der Waals surface area contributed by atoms with Crippen LogP contribution in [0.4, 0.5) is 0 Å². The summed E-state index contributed by atoms with van der Waals surface area (Å²) >= 11 is 0. The van der Waals surface area contributed by atoms with Crippen molar-refractivity contribution < 1.29 is 77.1 Å². The molecule has 0 bridgehead atoms. The number of β-amino-alcohol motifs (C(OH)–C–C–N with tert-alkyl or cyclic N) is 1. The Hall–Kier alpha value is -3.14. The molecule has 133 heavy (non-hydrogen) atoms. The van der Waals surface area contributed by atoms with Gasteiger partial charge in [0.05, 0.1) is 112 Å². The van der Waals surface area contributed by atoms with Gasteiger partial charge in [0.15, 0.2) is 5.79 Å². The molecule has 0 spiro atoms. The molecular formula is C106H211N11O16. The first kappa shape index (κ1) is 126. The predicted octanol–water partition coefficient (Wildman–Crippen LogP) is 15.4. The van der Waals surface area contributed by atoms with E-state index in [1.165, 1.54) is 25.9 Å². The third-order valence-electron chi connectivity index (χ3n) is 31.0. The van der Waals surface area contributed by atoms with Gasteiger partial charge in [-0.3, -0.25) is 24.2 Å². The van der Waals surface area contributed by atoms with E-state index in [0.29, 0.717) is 110 Å². The van der Waals surface area contributed by atoms with Crippen LogP contribution in [0.15, 0.2) is 12.4 Å². The lowest BCUT2D eigenvalue weighted by molar-refractivity contribution is -0.309. The number of likely N-dealkylation sites (tertiary alicyclic amines) is 1. The summed E-state index contributed by atoms with van der Waals surface area (Å²) < 4.78 is 57.9. The third kappa shape index (κ3) is 43.3. The van der Waals surface area contributed by atoms with Gasteiger partial charge in [0.2, 0.25) is 11.8 Å². The molecule has 8 N–H and O–H groups in total. The van der Waals surface area contributed by atoms with Crippen LogP contribution in [0.2, 0.25) is 0 Å². The standard InChI is InChI=1S/C11H23NO.C10H16N2O.C10H19NO2.C10H21NO.C9H17NO2.C9H18O3.4C8H17NO.C8H17N.C7H12O2/c1-9(2)11(5)8-12(10(3)4)6-7-13-11;1-8(2)10(3)9-11-4-5-12(9)6-7-13-10;1-8(2)10(4)7-11(9(3)12)5-6-13-10;1-5-11-6-7-12-10(4,8-11)9(2)3;1-7(2)8-4-3-5-10(8)9(12)6-11;1-7(2)9(10)5-11-8(3,4)12-6-9;3*1-7(2)8(3)6-9-4-5-10-8;1-7(2)8(10)4-3-5-9-6-8;1-7(2)8-4-3-5-9-6-8;1-5(2)6-3-7(8)9-4-6/h9-10H,6-8H2,1-5H3;4-5,8H,6-7H2,1-3H3;8H,5-7H2,1-4H3;9H,5-8H2,1-4H3;7-8,11H,3-6H2,1-2H3;7,10H,5-6H2,1-4H3;3*7,9H,4-6H2,1-3H3;7,9-10H,3-6H2,1-2H3;7-9H,3-6H2,1-2H3;5-6H,3-4H2,1-2H3/t11-;;2*10-;;;8-;;;;;6-/m0.00..0....0/s1. The van der Waals surface area contributed by atoms with Gasteiger partial charge in [-0.1, -0.05) is 173 Å². The van der Waals surface area contributed by atoms with Crippen LogP contribution in [0.3, 0.4) is 0 Å². The largest absolute Gasteiger partial charge is 0.465 e. The second-order valence-electron chi connectivity index (χ2n) is 45.6. The van der Waals surface area contributed by atoms with E-state index in [1.54, 1.807) is 6.92 Å². The lowest BCUT2D eigenvalue weighted by atomic mass is 9.84. The van der Waals surface area contributed by atoms with Gasteiger partial charge in [0, 0.05) is 135 Å². The van der Waals surface area contributed by atoms with Gasteiger partial charge < -0.3 is 104 Å². The number of nitrogens with one attached hydrogen (secondary N) is 5. The molecular weight excluding hydrogens is 1680 g/mol. The zero-order valence-corrected chi connectivity index (χ0v) is 92.4. The number of aliphatic hydroxyl groups is 3. The first-order valence-corrected chi connectivity index (χ1v) is 52.3. The number of carbonyl (C=O) groups is 3. The molecule has 1 aromatic rings. The van der Waals surface area contributed by atoms with Crippen molar-refractivity contribution >= 4 is 17.8 Å². The van der Waals surface area contributed by atoms with Crippen LogP contribution >= 0.6 is 0 Å². The summed E-state index contributed by atoms with van der Waals surface area (Å²) in [6, 6.07) is 0.992.